The third-order valence-corrected chi connectivity index (χ3v) is 3.23. The maximum absolute atomic E-state index is 11.6. The molecule has 1 heterocycles. The highest BCUT2D eigenvalue weighted by Crippen LogP contribution is 2.07. The first-order valence-corrected chi connectivity index (χ1v) is 6.21. The van der Waals surface area contributed by atoms with Crippen molar-refractivity contribution in [3.05, 3.63) is 0 Å². The molecule has 3 N–H and O–H groups in total. The Labute approximate surface area is 103 Å². The van der Waals surface area contributed by atoms with Crippen molar-refractivity contribution in [1.29, 1.82) is 0 Å². The predicted octanol–water partition coefficient (Wildman–Crippen LogP) is -1.23. The number of rotatable bonds is 5. The fraction of sp³-hybridized carbons (Fsp3) is 0.667. The van der Waals surface area contributed by atoms with Gasteiger partial charge in [0, 0.05) is 18.8 Å². The van der Waals surface area contributed by atoms with E-state index in [0.29, 0.717) is 13.1 Å². The van der Waals surface area contributed by atoms with E-state index in [1.807, 2.05) is 0 Å². The summed E-state index contributed by atoms with van der Waals surface area (Å²) in [6, 6.07) is -1.11. The minimum absolute atomic E-state index is 0.123. The molecule has 0 radical (unpaired) electrons. The fourth-order valence-corrected chi connectivity index (χ4v) is 2.12. The second-order valence-corrected chi connectivity index (χ2v) is 4.45. The first-order valence-electron chi connectivity index (χ1n) is 5.05. The molecule has 1 fully saturated rings. The van der Waals surface area contributed by atoms with E-state index in [-0.39, 0.29) is 23.4 Å². The molecule has 0 bridgehead atoms. The molecule has 1 atom stereocenters. The summed E-state index contributed by atoms with van der Waals surface area (Å²) in [5.74, 6) is -0.377. The zero-order chi connectivity index (χ0) is 12.8. The normalized spacial score (nSPS) is 16.6. The molecule has 0 aromatic heterocycles. The largest absolute Gasteiger partial charge is 0.468 e. The topological polar surface area (TPSA) is 102 Å². The van der Waals surface area contributed by atoms with E-state index in [9.17, 15) is 14.4 Å². The SMILES string of the molecule is COC(=O)C(N)CSCC(=O)N1CCNC1=O. The van der Waals surface area contributed by atoms with Gasteiger partial charge in [0.15, 0.2) is 0 Å². The Kier molecular flexibility index (Phi) is 5.23. The first kappa shape index (κ1) is 13.8. The van der Waals surface area contributed by atoms with Gasteiger partial charge in [-0.15, -0.1) is 11.8 Å². The fourth-order valence-electron chi connectivity index (χ4n) is 1.28. The van der Waals surface area contributed by atoms with Crippen LogP contribution in [0.25, 0.3) is 0 Å². The van der Waals surface area contributed by atoms with Crippen molar-refractivity contribution >= 4 is 29.7 Å². The van der Waals surface area contributed by atoms with Crippen molar-refractivity contribution in [2.75, 3.05) is 31.7 Å². The number of urea groups is 1. The molecular weight excluding hydrogens is 246 g/mol. The van der Waals surface area contributed by atoms with Gasteiger partial charge in [-0.2, -0.15) is 0 Å². The van der Waals surface area contributed by atoms with Crippen molar-refractivity contribution in [2.24, 2.45) is 5.73 Å². The van der Waals surface area contributed by atoms with E-state index in [0.717, 1.165) is 4.90 Å². The summed E-state index contributed by atoms with van der Waals surface area (Å²) >= 11 is 1.20. The number of esters is 1. The van der Waals surface area contributed by atoms with E-state index < -0.39 is 12.0 Å². The Balaban J connectivity index is 2.24. The number of amides is 3. The Morgan fingerprint density at radius 2 is 2.35 bits per heavy atom. The quantitative estimate of drug-likeness (QED) is 0.601. The lowest BCUT2D eigenvalue weighted by molar-refractivity contribution is -0.141. The van der Waals surface area contributed by atoms with Crippen LogP contribution in [0.4, 0.5) is 4.79 Å². The molecule has 3 amide bonds. The number of hydrogen-bond acceptors (Lipinski definition) is 6. The van der Waals surface area contributed by atoms with Crippen molar-refractivity contribution in [2.45, 2.75) is 6.04 Å². The molecule has 1 aliphatic heterocycles. The summed E-state index contributed by atoms with van der Waals surface area (Å²) in [6.45, 7) is 0.873. The van der Waals surface area contributed by atoms with Gasteiger partial charge in [0.25, 0.3) is 0 Å². The molecular formula is C9H15N3O4S. The van der Waals surface area contributed by atoms with Crippen LogP contribution >= 0.6 is 11.8 Å². The van der Waals surface area contributed by atoms with Gasteiger partial charge >= 0.3 is 12.0 Å². The lowest BCUT2D eigenvalue weighted by atomic mass is 10.4. The number of nitrogens with two attached hydrogens (primary N) is 1. The van der Waals surface area contributed by atoms with Crippen LogP contribution in [0.1, 0.15) is 0 Å². The van der Waals surface area contributed by atoms with Crippen molar-refractivity contribution in [3.63, 3.8) is 0 Å². The minimum Gasteiger partial charge on any atom is -0.468 e. The Bertz CT molecular complexity index is 323. The Morgan fingerprint density at radius 1 is 1.65 bits per heavy atom. The molecule has 1 saturated heterocycles. The summed E-state index contributed by atoms with van der Waals surface area (Å²) < 4.78 is 4.45. The van der Waals surface area contributed by atoms with Gasteiger partial charge in [0.05, 0.1) is 12.9 Å². The molecule has 0 spiro atoms. The number of carbonyl (C=O) groups is 3. The molecule has 8 heteroatoms. The molecule has 1 rings (SSSR count). The van der Waals surface area contributed by atoms with Crippen LogP contribution in [-0.2, 0) is 14.3 Å². The van der Waals surface area contributed by atoms with Gasteiger partial charge in [-0.3, -0.25) is 14.5 Å². The predicted molar refractivity (Wildman–Crippen MR) is 62.4 cm³/mol. The zero-order valence-electron chi connectivity index (χ0n) is 9.47. The Hall–Kier alpha value is -1.28. The molecule has 7 nitrogen and oxygen atoms in total. The van der Waals surface area contributed by atoms with Gasteiger partial charge in [-0.25, -0.2) is 4.79 Å². The minimum atomic E-state index is -0.745. The molecule has 1 aliphatic rings. The molecule has 17 heavy (non-hydrogen) atoms. The second-order valence-electron chi connectivity index (χ2n) is 3.42. The monoisotopic (exact) mass is 261 g/mol. The van der Waals surface area contributed by atoms with Crippen molar-refractivity contribution in [1.82, 2.24) is 10.2 Å². The van der Waals surface area contributed by atoms with Crippen LogP contribution in [0.3, 0.4) is 0 Å². The number of methoxy groups -OCH3 is 1. The lowest BCUT2D eigenvalue weighted by Crippen LogP contribution is -2.37. The van der Waals surface area contributed by atoms with Gasteiger partial charge in [0.2, 0.25) is 5.91 Å². The van der Waals surface area contributed by atoms with Gasteiger partial charge in [-0.05, 0) is 0 Å². The van der Waals surface area contributed by atoms with E-state index in [1.54, 1.807) is 0 Å². The van der Waals surface area contributed by atoms with Crippen LogP contribution in [0, 0.1) is 0 Å². The molecule has 1 unspecified atom stereocenters. The summed E-state index contributed by atoms with van der Waals surface area (Å²) in [6.07, 6.45) is 0. The number of ether oxygens (including phenoxy) is 1. The van der Waals surface area contributed by atoms with Crippen LogP contribution < -0.4 is 11.1 Å². The maximum atomic E-state index is 11.6. The molecule has 0 saturated carbocycles. The first-order chi connectivity index (χ1) is 8.06. The van der Waals surface area contributed by atoms with Crippen LogP contribution in [-0.4, -0.2) is 60.6 Å². The van der Waals surface area contributed by atoms with Crippen LogP contribution in [0.5, 0.6) is 0 Å². The second kappa shape index (κ2) is 6.45. The smallest absolute Gasteiger partial charge is 0.324 e. The molecule has 0 aromatic rings. The van der Waals surface area contributed by atoms with Gasteiger partial charge in [0.1, 0.15) is 6.04 Å². The number of hydrogen-bond donors (Lipinski definition) is 2. The number of nitrogens with one attached hydrogen (secondary N) is 1. The van der Waals surface area contributed by atoms with Crippen LogP contribution in [0.15, 0.2) is 0 Å². The van der Waals surface area contributed by atoms with E-state index >= 15 is 0 Å². The standard InChI is InChI=1S/C9H15N3O4S/c1-16-8(14)6(10)4-17-5-7(13)12-3-2-11-9(12)15/h6H,2-5,10H2,1H3,(H,11,15). The highest BCUT2D eigenvalue weighted by molar-refractivity contribution is 8.00. The summed E-state index contributed by atoms with van der Waals surface area (Å²) in [5, 5.41) is 2.54. The number of nitrogens with zero attached hydrogens (tertiary/aromatic N) is 1. The Morgan fingerprint density at radius 3 is 2.88 bits per heavy atom. The third-order valence-electron chi connectivity index (χ3n) is 2.18. The lowest BCUT2D eigenvalue weighted by Gasteiger charge is -2.12. The van der Waals surface area contributed by atoms with Crippen molar-refractivity contribution < 1.29 is 19.1 Å². The highest BCUT2D eigenvalue weighted by atomic mass is 32.2. The molecule has 0 aliphatic carbocycles. The number of imide groups is 1. The number of carbonyl (C=O) groups excluding carboxylic acids is 3. The number of thioether (sulfide) groups is 1. The van der Waals surface area contributed by atoms with E-state index in [2.05, 4.69) is 10.1 Å². The summed E-state index contributed by atoms with van der Waals surface area (Å²) in [7, 11) is 1.26. The average molecular weight is 261 g/mol. The third kappa shape index (κ3) is 3.90. The zero-order valence-corrected chi connectivity index (χ0v) is 10.3. The van der Waals surface area contributed by atoms with E-state index in [4.69, 9.17) is 5.73 Å². The van der Waals surface area contributed by atoms with Gasteiger partial charge in [-0.1, -0.05) is 0 Å². The summed E-state index contributed by atoms with van der Waals surface area (Å²) in [5.41, 5.74) is 5.50. The van der Waals surface area contributed by atoms with Gasteiger partial charge < -0.3 is 15.8 Å². The maximum Gasteiger partial charge on any atom is 0.324 e. The van der Waals surface area contributed by atoms with Crippen LogP contribution in [0.2, 0.25) is 0 Å². The molecule has 96 valence electrons. The van der Waals surface area contributed by atoms with Crippen molar-refractivity contribution in [3.8, 4) is 0 Å². The summed E-state index contributed by atoms with van der Waals surface area (Å²) in [4.78, 5) is 34.8. The molecule has 0 aromatic carbocycles. The highest BCUT2D eigenvalue weighted by Gasteiger charge is 2.26. The average Bonchev–Trinajstić information content (AvgIpc) is 2.74. The van der Waals surface area contributed by atoms with E-state index in [1.165, 1.54) is 18.9 Å².